The Morgan fingerprint density at radius 1 is 1.35 bits per heavy atom. The average Bonchev–Trinajstić information content (AvgIpc) is 2.38. The maximum absolute atomic E-state index is 11.5. The third kappa shape index (κ3) is 4.07. The van der Waals surface area contributed by atoms with Crippen LogP contribution >= 0.6 is 0 Å². The highest BCUT2D eigenvalue weighted by molar-refractivity contribution is 5.80. The maximum Gasteiger partial charge on any atom is 0.274 e. The molecule has 0 saturated heterocycles. The van der Waals surface area contributed by atoms with Crippen LogP contribution in [0.4, 0.5) is 0 Å². The van der Waals surface area contributed by atoms with E-state index in [0.29, 0.717) is 12.2 Å². The minimum atomic E-state index is -0.516. The van der Waals surface area contributed by atoms with Gasteiger partial charge in [0.15, 0.2) is 6.10 Å². The summed E-state index contributed by atoms with van der Waals surface area (Å²) in [6.07, 6.45) is 1.99. The van der Waals surface area contributed by atoms with Gasteiger partial charge in [-0.05, 0) is 30.5 Å². The topological polar surface area (TPSA) is 64.3 Å². The number of hydrazine groups is 1. The van der Waals surface area contributed by atoms with E-state index in [1.807, 2.05) is 31.2 Å². The van der Waals surface area contributed by atoms with Crippen molar-refractivity contribution in [2.24, 2.45) is 5.84 Å². The molecule has 0 saturated carbocycles. The summed E-state index contributed by atoms with van der Waals surface area (Å²) in [6, 6.07) is 7.76. The van der Waals surface area contributed by atoms with Crippen LogP contribution in [0.5, 0.6) is 5.75 Å². The second-order valence-corrected chi connectivity index (χ2v) is 3.90. The molecule has 0 heterocycles. The molecule has 17 heavy (non-hydrogen) atoms. The van der Waals surface area contributed by atoms with E-state index >= 15 is 0 Å². The van der Waals surface area contributed by atoms with Crippen LogP contribution in [0.15, 0.2) is 24.3 Å². The molecule has 0 aliphatic rings. The molecule has 3 N–H and O–H groups in total. The van der Waals surface area contributed by atoms with Crippen molar-refractivity contribution in [3.05, 3.63) is 29.8 Å². The van der Waals surface area contributed by atoms with Crippen LogP contribution in [0.3, 0.4) is 0 Å². The summed E-state index contributed by atoms with van der Waals surface area (Å²) in [5.74, 6) is 5.54. The van der Waals surface area contributed by atoms with Gasteiger partial charge in [-0.2, -0.15) is 0 Å². The van der Waals surface area contributed by atoms with Gasteiger partial charge < -0.3 is 4.74 Å². The first-order chi connectivity index (χ1) is 8.21. The van der Waals surface area contributed by atoms with Crippen molar-refractivity contribution in [2.45, 2.75) is 39.2 Å². The van der Waals surface area contributed by atoms with Gasteiger partial charge in [0.1, 0.15) is 5.75 Å². The average molecular weight is 236 g/mol. The van der Waals surface area contributed by atoms with Crippen molar-refractivity contribution in [3.8, 4) is 5.75 Å². The molecule has 1 unspecified atom stereocenters. The number of benzene rings is 1. The third-order valence-corrected chi connectivity index (χ3v) is 2.60. The summed E-state index contributed by atoms with van der Waals surface area (Å²) in [5, 5.41) is 0. The molecular formula is C13H20N2O2. The monoisotopic (exact) mass is 236 g/mol. The summed E-state index contributed by atoms with van der Waals surface area (Å²) in [5.41, 5.74) is 3.37. The van der Waals surface area contributed by atoms with Crippen LogP contribution in [0.1, 0.15) is 32.3 Å². The van der Waals surface area contributed by atoms with Crippen molar-refractivity contribution in [3.63, 3.8) is 0 Å². The van der Waals surface area contributed by atoms with Crippen molar-refractivity contribution < 1.29 is 9.53 Å². The maximum atomic E-state index is 11.5. The lowest BCUT2D eigenvalue weighted by Gasteiger charge is -2.16. The number of nitrogens with two attached hydrogens (primary N) is 1. The third-order valence-electron chi connectivity index (χ3n) is 2.60. The summed E-state index contributed by atoms with van der Waals surface area (Å²) < 4.78 is 5.62. The highest BCUT2D eigenvalue weighted by Gasteiger charge is 2.18. The van der Waals surface area contributed by atoms with Crippen molar-refractivity contribution in [1.29, 1.82) is 0 Å². The van der Waals surface area contributed by atoms with Crippen LogP contribution in [0.2, 0.25) is 0 Å². The van der Waals surface area contributed by atoms with Crippen LogP contribution in [0, 0.1) is 0 Å². The van der Waals surface area contributed by atoms with Crippen LogP contribution < -0.4 is 16.0 Å². The Bertz CT molecular complexity index is 349. The fourth-order valence-corrected chi connectivity index (χ4v) is 1.57. The van der Waals surface area contributed by atoms with Gasteiger partial charge in [0.05, 0.1) is 0 Å². The van der Waals surface area contributed by atoms with Crippen LogP contribution in [-0.2, 0) is 11.2 Å². The second-order valence-electron chi connectivity index (χ2n) is 3.90. The number of rotatable bonds is 6. The van der Waals surface area contributed by atoms with Gasteiger partial charge in [-0.15, -0.1) is 0 Å². The number of hydrogen-bond acceptors (Lipinski definition) is 3. The first kappa shape index (κ1) is 13.5. The molecule has 1 aromatic carbocycles. The van der Waals surface area contributed by atoms with Crippen LogP contribution in [-0.4, -0.2) is 12.0 Å². The highest BCUT2D eigenvalue weighted by atomic mass is 16.5. The molecule has 0 fully saturated rings. The molecule has 0 spiro atoms. The van der Waals surface area contributed by atoms with E-state index in [-0.39, 0.29) is 5.91 Å². The van der Waals surface area contributed by atoms with E-state index in [4.69, 9.17) is 10.6 Å². The van der Waals surface area contributed by atoms with Crippen molar-refractivity contribution in [2.75, 3.05) is 0 Å². The predicted molar refractivity (Wildman–Crippen MR) is 67.5 cm³/mol. The lowest BCUT2D eigenvalue weighted by atomic mass is 10.1. The van der Waals surface area contributed by atoms with Gasteiger partial charge in [-0.1, -0.05) is 32.4 Å². The van der Waals surface area contributed by atoms with E-state index < -0.39 is 6.10 Å². The van der Waals surface area contributed by atoms with Gasteiger partial charge in [0, 0.05) is 0 Å². The quantitative estimate of drug-likeness (QED) is 0.449. The molecule has 0 aromatic heterocycles. The number of aryl methyl sites for hydroxylation is 1. The molecule has 0 aliphatic heterocycles. The SMILES string of the molecule is CCCC(Oc1ccc(CC)cc1)C(=O)NN. The molecule has 4 nitrogen and oxygen atoms in total. The summed E-state index contributed by atoms with van der Waals surface area (Å²) in [6.45, 7) is 4.10. The lowest BCUT2D eigenvalue weighted by molar-refractivity contribution is -0.128. The second kappa shape index (κ2) is 6.91. The Morgan fingerprint density at radius 3 is 2.47 bits per heavy atom. The number of amides is 1. The number of carbonyl (C=O) groups is 1. The largest absolute Gasteiger partial charge is 0.481 e. The molecule has 0 bridgehead atoms. The molecule has 0 aliphatic carbocycles. The fraction of sp³-hybridized carbons (Fsp3) is 0.462. The van der Waals surface area contributed by atoms with Gasteiger partial charge >= 0.3 is 0 Å². The zero-order valence-corrected chi connectivity index (χ0v) is 10.4. The van der Waals surface area contributed by atoms with E-state index in [1.165, 1.54) is 5.56 Å². The Hall–Kier alpha value is -1.55. The smallest absolute Gasteiger partial charge is 0.274 e. The highest BCUT2D eigenvalue weighted by Crippen LogP contribution is 2.16. The van der Waals surface area contributed by atoms with Gasteiger partial charge in [0.2, 0.25) is 0 Å². The predicted octanol–water partition coefficient (Wildman–Crippen LogP) is 1.79. The van der Waals surface area contributed by atoms with Gasteiger partial charge in [-0.25, -0.2) is 5.84 Å². The number of carbonyl (C=O) groups excluding carboxylic acids is 1. The molecule has 1 amide bonds. The summed E-state index contributed by atoms with van der Waals surface area (Å²) in [7, 11) is 0. The summed E-state index contributed by atoms with van der Waals surface area (Å²) in [4.78, 5) is 11.5. The Balaban J connectivity index is 2.68. The van der Waals surface area contributed by atoms with Gasteiger partial charge in [0.25, 0.3) is 5.91 Å². The van der Waals surface area contributed by atoms with E-state index in [1.54, 1.807) is 0 Å². The Morgan fingerprint density at radius 2 is 2.00 bits per heavy atom. The zero-order valence-electron chi connectivity index (χ0n) is 10.4. The normalized spacial score (nSPS) is 11.9. The summed E-state index contributed by atoms with van der Waals surface area (Å²) >= 11 is 0. The van der Waals surface area contributed by atoms with Gasteiger partial charge in [-0.3, -0.25) is 10.2 Å². The molecule has 94 valence electrons. The molecule has 1 aromatic rings. The minimum Gasteiger partial charge on any atom is -0.481 e. The Kier molecular flexibility index (Phi) is 5.49. The number of nitrogens with one attached hydrogen (secondary N) is 1. The van der Waals surface area contributed by atoms with E-state index in [9.17, 15) is 4.79 Å². The molecular weight excluding hydrogens is 216 g/mol. The van der Waals surface area contributed by atoms with E-state index in [2.05, 4.69) is 12.3 Å². The van der Waals surface area contributed by atoms with Crippen molar-refractivity contribution in [1.82, 2.24) is 5.43 Å². The number of ether oxygens (including phenoxy) is 1. The van der Waals surface area contributed by atoms with Crippen molar-refractivity contribution >= 4 is 5.91 Å². The lowest BCUT2D eigenvalue weighted by Crippen LogP contribution is -2.42. The fourth-order valence-electron chi connectivity index (χ4n) is 1.57. The first-order valence-corrected chi connectivity index (χ1v) is 5.97. The van der Waals surface area contributed by atoms with Crippen LogP contribution in [0.25, 0.3) is 0 Å². The zero-order chi connectivity index (χ0) is 12.7. The number of hydrogen-bond donors (Lipinski definition) is 2. The Labute approximate surface area is 102 Å². The molecule has 4 heteroatoms. The first-order valence-electron chi connectivity index (χ1n) is 5.97. The molecule has 1 rings (SSSR count). The minimum absolute atomic E-state index is 0.286. The standard InChI is InChI=1S/C13H20N2O2/c1-3-5-12(13(16)15-14)17-11-8-6-10(4-2)7-9-11/h6-9,12H,3-5,14H2,1-2H3,(H,15,16). The molecule has 0 radical (unpaired) electrons. The molecule has 1 atom stereocenters. The van der Waals surface area contributed by atoms with E-state index in [0.717, 1.165) is 12.8 Å².